The number of carbonyl (C=O) groups excluding carboxylic acids is 1. The molecule has 3 nitrogen and oxygen atoms in total. The summed E-state index contributed by atoms with van der Waals surface area (Å²) in [5, 5.41) is 3.87. The number of thioether (sulfide) groups is 1. The molecule has 1 aliphatic rings. The Morgan fingerprint density at radius 2 is 1.79 bits per heavy atom. The molecule has 0 bridgehead atoms. The SMILES string of the molecule is C[N+](C)(Cc1ccc(NC(=O)/C=C/c2ccc(Cl)c(Cl)c2)cc1)C1CCSCC1. The first-order chi connectivity index (χ1) is 13.8. The first-order valence-electron chi connectivity index (χ1n) is 9.77. The molecule has 0 atom stereocenters. The van der Waals surface area contributed by atoms with E-state index < -0.39 is 0 Å². The van der Waals surface area contributed by atoms with Crippen molar-refractivity contribution >= 4 is 52.6 Å². The van der Waals surface area contributed by atoms with E-state index in [-0.39, 0.29) is 5.91 Å². The van der Waals surface area contributed by atoms with E-state index in [0.717, 1.165) is 28.3 Å². The highest BCUT2D eigenvalue weighted by molar-refractivity contribution is 7.99. The molecular weight excluding hydrogens is 423 g/mol. The molecule has 1 fully saturated rings. The zero-order valence-corrected chi connectivity index (χ0v) is 19.2. The molecule has 6 heteroatoms. The van der Waals surface area contributed by atoms with Crippen LogP contribution in [0.1, 0.15) is 24.0 Å². The zero-order chi connectivity index (χ0) is 20.9. The van der Waals surface area contributed by atoms with Gasteiger partial charge in [0.25, 0.3) is 0 Å². The molecule has 1 amide bonds. The lowest BCUT2D eigenvalue weighted by Crippen LogP contribution is -2.49. The van der Waals surface area contributed by atoms with Crippen LogP contribution >= 0.6 is 35.0 Å². The number of nitrogens with zero attached hydrogens (tertiary/aromatic N) is 1. The fraction of sp³-hybridized carbons (Fsp3) is 0.348. The lowest BCUT2D eigenvalue weighted by molar-refractivity contribution is -0.928. The maximum absolute atomic E-state index is 12.2. The molecule has 0 aliphatic carbocycles. The summed E-state index contributed by atoms with van der Waals surface area (Å²) in [4.78, 5) is 12.2. The van der Waals surface area contributed by atoms with E-state index in [4.69, 9.17) is 23.2 Å². The molecule has 0 saturated carbocycles. The number of hydrogen-bond donors (Lipinski definition) is 1. The smallest absolute Gasteiger partial charge is 0.248 e. The van der Waals surface area contributed by atoms with Gasteiger partial charge in [-0.1, -0.05) is 41.4 Å². The fourth-order valence-corrected chi connectivity index (χ4v) is 5.04. The number of carbonyl (C=O) groups is 1. The van der Waals surface area contributed by atoms with Crippen molar-refractivity contribution in [3.63, 3.8) is 0 Å². The minimum Gasteiger partial charge on any atom is -0.323 e. The first-order valence-corrected chi connectivity index (χ1v) is 11.7. The second-order valence-corrected chi connectivity index (χ2v) is 10.0. The summed E-state index contributed by atoms with van der Waals surface area (Å²) in [6, 6.07) is 14.1. The van der Waals surface area contributed by atoms with Crippen molar-refractivity contribution in [2.24, 2.45) is 0 Å². The summed E-state index contributed by atoms with van der Waals surface area (Å²) >= 11 is 14.0. The molecule has 0 aromatic heterocycles. The number of anilines is 1. The van der Waals surface area contributed by atoms with Crippen LogP contribution < -0.4 is 5.32 Å². The van der Waals surface area contributed by atoms with Crippen LogP contribution in [0.3, 0.4) is 0 Å². The Hall–Kier alpha value is -1.46. The molecule has 0 unspecified atom stereocenters. The Morgan fingerprint density at radius 1 is 1.10 bits per heavy atom. The van der Waals surface area contributed by atoms with Gasteiger partial charge in [0, 0.05) is 30.2 Å². The second kappa shape index (κ2) is 10.0. The minimum atomic E-state index is -0.181. The summed E-state index contributed by atoms with van der Waals surface area (Å²) in [6.45, 7) is 1.00. The lowest BCUT2D eigenvalue weighted by Gasteiger charge is -2.40. The Kier molecular flexibility index (Phi) is 7.69. The number of quaternary nitrogens is 1. The molecule has 0 spiro atoms. The van der Waals surface area contributed by atoms with Crippen LogP contribution in [0.4, 0.5) is 5.69 Å². The van der Waals surface area contributed by atoms with Crippen LogP contribution in [0.25, 0.3) is 6.08 Å². The monoisotopic (exact) mass is 449 g/mol. The van der Waals surface area contributed by atoms with Gasteiger partial charge in [0.05, 0.1) is 30.2 Å². The average Bonchev–Trinajstić information content (AvgIpc) is 2.71. The number of rotatable bonds is 6. The van der Waals surface area contributed by atoms with Gasteiger partial charge in [0.2, 0.25) is 5.91 Å². The zero-order valence-electron chi connectivity index (χ0n) is 16.8. The van der Waals surface area contributed by atoms with Crippen molar-refractivity contribution in [2.75, 3.05) is 30.9 Å². The summed E-state index contributed by atoms with van der Waals surface area (Å²) in [5.74, 6) is 2.36. The quantitative estimate of drug-likeness (QED) is 0.425. The maximum atomic E-state index is 12.2. The van der Waals surface area contributed by atoms with Gasteiger partial charge in [-0.3, -0.25) is 4.79 Å². The summed E-state index contributed by atoms with van der Waals surface area (Å²) in [6.07, 6.45) is 5.79. The molecule has 3 rings (SSSR count). The predicted molar refractivity (Wildman–Crippen MR) is 127 cm³/mol. The minimum absolute atomic E-state index is 0.181. The van der Waals surface area contributed by atoms with E-state index in [1.54, 1.807) is 18.2 Å². The topological polar surface area (TPSA) is 29.1 Å². The molecule has 2 aromatic carbocycles. The highest BCUT2D eigenvalue weighted by Crippen LogP contribution is 2.27. The van der Waals surface area contributed by atoms with Crippen molar-refractivity contribution in [2.45, 2.75) is 25.4 Å². The van der Waals surface area contributed by atoms with E-state index >= 15 is 0 Å². The van der Waals surface area contributed by atoms with Gasteiger partial charge < -0.3 is 9.80 Å². The molecule has 1 heterocycles. The largest absolute Gasteiger partial charge is 0.323 e. The van der Waals surface area contributed by atoms with E-state index in [0.29, 0.717) is 10.0 Å². The van der Waals surface area contributed by atoms with Crippen LogP contribution in [-0.2, 0) is 11.3 Å². The van der Waals surface area contributed by atoms with Crippen LogP contribution in [0, 0.1) is 0 Å². The fourth-order valence-electron chi connectivity index (χ4n) is 3.65. The van der Waals surface area contributed by atoms with Gasteiger partial charge in [0.1, 0.15) is 6.54 Å². The highest BCUT2D eigenvalue weighted by Gasteiger charge is 2.29. The third-order valence-corrected chi connectivity index (χ3v) is 7.15. The van der Waals surface area contributed by atoms with Gasteiger partial charge in [-0.25, -0.2) is 0 Å². The van der Waals surface area contributed by atoms with Crippen LogP contribution in [0.15, 0.2) is 48.5 Å². The molecule has 1 aliphatic heterocycles. The second-order valence-electron chi connectivity index (χ2n) is 7.97. The third-order valence-electron chi connectivity index (χ3n) is 5.36. The van der Waals surface area contributed by atoms with Crippen LogP contribution in [0.2, 0.25) is 10.0 Å². The lowest BCUT2D eigenvalue weighted by atomic mass is 10.1. The third kappa shape index (κ3) is 6.51. The number of halogens is 2. The van der Waals surface area contributed by atoms with Crippen molar-refractivity contribution in [3.05, 3.63) is 69.7 Å². The number of amides is 1. The summed E-state index contributed by atoms with van der Waals surface area (Å²) in [5.41, 5.74) is 2.90. The number of benzene rings is 2. The molecular formula is C23H27Cl2N2OS+. The van der Waals surface area contributed by atoms with Crippen molar-refractivity contribution in [3.8, 4) is 0 Å². The average molecular weight is 450 g/mol. The Balaban J connectivity index is 1.56. The number of nitrogens with one attached hydrogen (secondary N) is 1. The van der Waals surface area contributed by atoms with Gasteiger partial charge in [0.15, 0.2) is 0 Å². The van der Waals surface area contributed by atoms with Gasteiger partial charge in [-0.15, -0.1) is 0 Å². The first kappa shape index (κ1) is 22.2. The highest BCUT2D eigenvalue weighted by atomic mass is 35.5. The van der Waals surface area contributed by atoms with Gasteiger partial charge in [-0.05, 0) is 47.4 Å². The number of hydrogen-bond acceptors (Lipinski definition) is 2. The van der Waals surface area contributed by atoms with Crippen molar-refractivity contribution in [1.29, 1.82) is 0 Å². The Morgan fingerprint density at radius 3 is 2.45 bits per heavy atom. The summed E-state index contributed by atoms with van der Waals surface area (Å²) in [7, 11) is 4.65. The van der Waals surface area contributed by atoms with E-state index in [1.165, 1.54) is 36.0 Å². The molecule has 1 N–H and O–H groups in total. The predicted octanol–water partition coefficient (Wildman–Crippen LogP) is 6.12. The van der Waals surface area contributed by atoms with Gasteiger partial charge in [-0.2, -0.15) is 11.8 Å². The molecule has 2 aromatic rings. The van der Waals surface area contributed by atoms with Crippen molar-refractivity contribution in [1.82, 2.24) is 0 Å². The summed E-state index contributed by atoms with van der Waals surface area (Å²) < 4.78 is 1.01. The van der Waals surface area contributed by atoms with Gasteiger partial charge >= 0.3 is 0 Å². The Labute approximate surface area is 187 Å². The molecule has 0 radical (unpaired) electrons. The van der Waals surface area contributed by atoms with Crippen LogP contribution in [0.5, 0.6) is 0 Å². The maximum Gasteiger partial charge on any atom is 0.248 e. The molecule has 29 heavy (non-hydrogen) atoms. The molecule has 1 saturated heterocycles. The standard InChI is InChI=1S/C23H26Cl2N2OS/c1-27(2,20-11-13-29-14-12-20)16-18-3-7-19(8-4-18)26-23(28)10-6-17-5-9-21(24)22(25)15-17/h3-10,15,20H,11-14,16H2,1-2H3/p+1/b10-6+. The normalized spacial score (nSPS) is 15.6. The van der Waals surface area contributed by atoms with E-state index in [2.05, 4.69) is 43.3 Å². The van der Waals surface area contributed by atoms with E-state index in [1.807, 2.05) is 18.2 Å². The van der Waals surface area contributed by atoms with Crippen molar-refractivity contribution < 1.29 is 9.28 Å². The molecule has 154 valence electrons. The Bertz CT molecular complexity index is 875. The van der Waals surface area contributed by atoms with Crippen LogP contribution in [-0.4, -0.2) is 42.0 Å². The van der Waals surface area contributed by atoms with E-state index in [9.17, 15) is 4.79 Å².